The fourth-order valence-corrected chi connectivity index (χ4v) is 4.24. The zero-order valence-electron chi connectivity index (χ0n) is 13.5. The molecule has 3 nitrogen and oxygen atoms in total. The Labute approximate surface area is 141 Å². The number of benzene rings is 1. The highest BCUT2D eigenvalue weighted by molar-refractivity contribution is 7.10. The zero-order chi connectivity index (χ0) is 16.1. The average molecular weight is 329 g/mol. The zero-order valence-corrected chi connectivity index (χ0v) is 14.3. The molecule has 23 heavy (non-hydrogen) atoms. The summed E-state index contributed by atoms with van der Waals surface area (Å²) in [5.74, 6) is 0.563. The van der Waals surface area contributed by atoms with Gasteiger partial charge in [0.25, 0.3) is 5.91 Å². The highest BCUT2D eigenvalue weighted by Crippen LogP contribution is 2.37. The van der Waals surface area contributed by atoms with E-state index in [0.29, 0.717) is 18.1 Å². The summed E-state index contributed by atoms with van der Waals surface area (Å²) in [5, 5.41) is 5.36. The number of rotatable bonds is 6. The number of ether oxygens (including phenoxy) is 1. The van der Waals surface area contributed by atoms with Gasteiger partial charge in [-0.3, -0.25) is 4.79 Å². The van der Waals surface area contributed by atoms with Gasteiger partial charge in [-0.15, -0.1) is 11.3 Å². The van der Waals surface area contributed by atoms with Crippen LogP contribution in [0.25, 0.3) is 0 Å². The largest absolute Gasteiger partial charge is 0.380 e. The Bertz CT molecular complexity index is 633. The lowest BCUT2D eigenvalue weighted by molar-refractivity contribution is 0.0922. The maximum atomic E-state index is 12.7. The minimum Gasteiger partial charge on any atom is -0.380 e. The number of hydrogen-bond donors (Lipinski definition) is 1. The quantitative estimate of drug-likeness (QED) is 0.844. The number of carbonyl (C=O) groups is 1. The molecule has 2 aromatic rings. The molecule has 0 radical (unpaired) electrons. The summed E-state index contributed by atoms with van der Waals surface area (Å²) in [6, 6.07) is 12.0. The first-order chi connectivity index (χ1) is 11.3. The number of methoxy groups -OCH3 is 1. The van der Waals surface area contributed by atoms with Crippen LogP contribution in [0.15, 0.2) is 41.8 Å². The molecule has 0 unspecified atom stereocenters. The molecule has 1 aromatic heterocycles. The summed E-state index contributed by atoms with van der Waals surface area (Å²) >= 11 is 1.73. The first-order valence-corrected chi connectivity index (χ1v) is 9.08. The van der Waals surface area contributed by atoms with Crippen molar-refractivity contribution in [3.8, 4) is 0 Å². The first kappa shape index (κ1) is 16.2. The minimum atomic E-state index is 0.00764. The molecule has 4 heteroatoms. The van der Waals surface area contributed by atoms with Gasteiger partial charge in [-0.2, -0.15) is 0 Å². The molecule has 0 saturated heterocycles. The molecule has 1 aromatic carbocycles. The van der Waals surface area contributed by atoms with Crippen LogP contribution in [0.4, 0.5) is 0 Å². The van der Waals surface area contributed by atoms with Gasteiger partial charge in [0.05, 0.1) is 12.6 Å². The third-order valence-electron chi connectivity index (χ3n) is 4.51. The molecular formula is C19H23NO2S. The van der Waals surface area contributed by atoms with Crippen LogP contribution in [0.1, 0.15) is 52.5 Å². The highest BCUT2D eigenvalue weighted by Gasteiger charge is 2.28. The van der Waals surface area contributed by atoms with Crippen molar-refractivity contribution in [3.63, 3.8) is 0 Å². The lowest BCUT2D eigenvalue weighted by Crippen LogP contribution is -2.32. The van der Waals surface area contributed by atoms with E-state index < -0.39 is 0 Å². The van der Waals surface area contributed by atoms with E-state index in [2.05, 4.69) is 22.8 Å². The Morgan fingerprint density at radius 1 is 1.30 bits per heavy atom. The topological polar surface area (TPSA) is 38.3 Å². The first-order valence-electron chi connectivity index (χ1n) is 8.20. The maximum Gasteiger partial charge on any atom is 0.251 e. The standard InChI is InChI=1S/C19H23NO2S/c1-22-13-14-6-4-9-16(12-14)19(21)20-18(15-7-2-3-8-15)17-10-5-11-23-17/h4-6,9-12,15,18H,2-3,7-8,13H2,1H3,(H,20,21)/t18-/m0/s1. The normalized spacial score (nSPS) is 16.4. The SMILES string of the molecule is COCc1cccc(C(=O)N[C@H](c2cccs2)C2CCCC2)c1. The molecule has 0 aliphatic heterocycles. The Morgan fingerprint density at radius 2 is 2.13 bits per heavy atom. The molecule has 0 bridgehead atoms. The summed E-state index contributed by atoms with van der Waals surface area (Å²) in [4.78, 5) is 14.0. The van der Waals surface area contributed by atoms with E-state index in [1.807, 2.05) is 24.3 Å². The van der Waals surface area contributed by atoms with E-state index in [1.54, 1.807) is 18.4 Å². The van der Waals surface area contributed by atoms with Crippen molar-refractivity contribution in [2.24, 2.45) is 5.92 Å². The van der Waals surface area contributed by atoms with Gasteiger partial charge in [-0.25, -0.2) is 0 Å². The number of nitrogens with one attached hydrogen (secondary N) is 1. The van der Waals surface area contributed by atoms with Gasteiger partial charge >= 0.3 is 0 Å². The molecular weight excluding hydrogens is 306 g/mol. The molecule has 1 N–H and O–H groups in total. The van der Waals surface area contributed by atoms with Gasteiger partial charge in [0, 0.05) is 17.6 Å². The van der Waals surface area contributed by atoms with Gasteiger partial charge in [0.2, 0.25) is 0 Å². The van der Waals surface area contributed by atoms with Crippen LogP contribution in [-0.2, 0) is 11.3 Å². The van der Waals surface area contributed by atoms with E-state index in [4.69, 9.17) is 4.74 Å². The third kappa shape index (κ3) is 4.01. The van der Waals surface area contributed by atoms with Crippen molar-refractivity contribution >= 4 is 17.2 Å². The molecule has 1 saturated carbocycles. The monoisotopic (exact) mass is 329 g/mol. The van der Waals surface area contributed by atoms with Crippen LogP contribution < -0.4 is 5.32 Å². The van der Waals surface area contributed by atoms with E-state index in [1.165, 1.54) is 30.6 Å². The van der Waals surface area contributed by atoms with Crippen molar-refractivity contribution in [1.82, 2.24) is 5.32 Å². The van der Waals surface area contributed by atoms with Crippen molar-refractivity contribution in [2.45, 2.75) is 38.3 Å². The molecule has 3 rings (SSSR count). The molecule has 0 spiro atoms. The smallest absolute Gasteiger partial charge is 0.251 e. The maximum absolute atomic E-state index is 12.7. The molecule has 1 aliphatic carbocycles. The highest BCUT2D eigenvalue weighted by atomic mass is 32.1. The van der Waals surface area contributed by atoms with Crippen LogP contribution in [-0.4, -0.2) is 13.0 Å². The average Bonchev–Trinajstić information content (AvgIpc) is 3.27. The van der Waals surface area contributed by atoms with Crippen molar-refractivity contribution in [3.05, 3.63) is 57.8 Å². The predicted molar refractivity (Wildman–Crippen MR) is 93.6 cm³/mol. The van der Waals surface area contributed by atoms with Gasteiger partial charge in [0.1, 0.15) is 0 Å². The van der Waals surface area contributed by atoms with Crippen LogP contribution in [0, 0.1) is 5.92 Å². The Kier molecular flexibility index (Phi) is 5.47. The van der Waals surface area contributed by atoms with Crippen LogP contribution >= 0.6 is 11.3 Å². The fourth-order valence-electron chi connectivity index (χ4n) is 3.37. The lowest BCUT2D eigenvalue weighted by Gasteiger charge is -2.24. The molecule has 1 amide bonds. The number of hydrogen-bond acceptors (Lipinski definition) is 3. The van der Waals surface area contributed by atoms with Crippen molar-refractivity contribution in [1.29, 1.82) is 0 Å². The molecule has 1 heterocycles. The fraction of sp³-hybridized carbons (Fsp3) is 0.421. The molecule has 1 atom stereocenters. The predicted octanol–water partition coefficient (Wildman–Crippen LogP) is 4.56. The Balaban J connectivity index is 1.76. The van der Waals surface area contributed by atoms with Crippen LogP contribution in [0.2, 0.25) is 0 Å². The van der Waals surface area contributed by atoms with Crippen LogP contribution in [0.5, 0.6) is 0 Å². The van der Waals surface area contributed by atoms with E-state index in [9.17, 15) is 4.79 Å². The summed E-state index contributed by atoms with van der Waals surface area (Å²) in [7, 11) is 1.67. The second kappa shape index (κ2) is 7.75. The van der Waals surface area contributed by atoms with E-state index >= 15 is 0 Å². The van der Waals surface area contributed by atoms with Gasteiger partial charge in [-0.05, 0) is 47.9 Å². The second-order valence-electron chi connectivity index (χ2n) is 6.14. The lowest BCUT2D eigenvalue weighted by atomic mass is 9.96. The van der Waals surface area contributed by atoms with Gasteiger partial charge < -0.3 is 10.1 Å². The number of carbonyl (C=O) groups excluding carboxylic acids is 1. The molecule has 122 valence electrons. The van der Waals surface area contributed by atoms with Gasteiger partial charge in [0.15, 0.2) is 0 Å². The number of amides is 1. The summed E-state index contributed by atoms with van der Waals surface area (Å²) in [5.41, 5.74) is 1.73. The van der Waals surface area contributed by atoms with E-state index in [-0.39, 0.29) is 11.9 Å². The summed E-state index contributed by atoms with van der Waals surface area (Å²) in [6.07, 6.45) is 4.94. The summed E-state index contributed by atoms with van der Waals surface area (Å²) < 4.78 is 5.15. The van der Waals surface area contributed by atoms with E-state index in [0.717, 1.165) is 5.56 Å². The third-order valence-corrected chi connectivity index (χ3v) is 5.46. The van der Waals surface area contributed by atoms with Crippen molar-refractivity contribution in [2.75, 3.05) is 7.11 Å². The number of thiophene rings is 1. The minimum absolute atomic E-state index is 0.00764. The molecule has 1 fully saturated rings. The Hall–Kier alpha value is -1.65. The van der Waals surface area contributed by atoms with Crippen LogP contribution in [0.3, 0.4) is 0 Å². The van der Waals surface area contributed by atoms with Gasteiger partial charge in [-0.1, -0.05) is 31.0 Å². The summed E-state index contributed by atoms with van der Waals surface area (Å²) in [6.45, 7) is 0.526. The molecule has 1 aliphatic rings. The Morgan fingerprint density at radius 3 is 2.83 bits per heavy atom. The van der Waals surface area contributed by atoms with Crippen molar-refractivity contribution < 1.29 is 9.53 Å². The second-order valence-corrected chi connectivity index (χ2v) is 7.12.